The third kappa shape index (κ3) is 3.23. The van der Waals surface area contributed by atoms with Gasteiger partial charge in [-0.15, -0.1) is 11.8 Å². The van der Waals surface area contributed by atoms with Crippen molar-refractivity contribution < 1.29 is 4.74 Å². The van der Waals surface area contributed by atoms with Crippen LogP contribution >= 0.6 is 11.8 Å². The molecule has 0 aromatic heterocycles. The molecule has 2 nitrogen and oxygen atoms in total. The summed E-state index contributed by atoms with van der Waals surface area (Å²) in [5.74, 6) is 1.12. The topological polar surface area (TPSA) is 12.5 Å². The second-order valence-corrected chi connectivity index (χ2v) is 5.40. The Morgan fingerprint density at radius 2 is 2.07 bits per heavy atom. The molecule has 0 bridgehead atoms. The van der Waals surface area contributed by atoms with Crippen LogP contribution in [0.4, 0.5) is 0 Å². The Labute approximate surface area is 98.1 Å². The lowest BCUT2D eigenvalue weighted by Gasteiger charge is -2.37. The maximum Gasteiger partial charge on any atom is 0.173 e. The number of nitrogens with zero attached hydrogens (tertiary/aromatic N) is 1. The van der Waals surface area contributed by atoms with E-state index in [9.17, 15) is 0 Å². The van der Waals surface area contributed by atoms with Crippen LogP contribution in [0.3, 0.4) is 0 Å². The van der Waals surface area contributed by atoms with E-state index in [0.717, 1.165) is 31.9 Å². The molecule has 0 radical (unpaired) electrons. The molecule has 0 saturated carbocycles. The third-order valence-electron chi connectivity index (χ3n) is 2.75. The average Bonchev–Trinajstić information content (AvgIpc) is 2.67. The zero-order valence-corrected chi connectivity index (χ0v) is 11.2. The molecule has 0 amide bonds. The molecule has 1 unspecified atom stereocenters. The van der Waals surface area contributed by atoms with Gasteiger partial charge in [-0.1, -0.05) is 25.5 Å². The Morgan fingerprint density at radius 3 is 2.47 bits per heavy atom. The van der Waals surface area contributed by atoms with Gasteiger partial charge in [0.1, 0.15) is 0 Å². The van der Waals surface area contributed by atoms with Gasteiger partial charge in [0, 0.05) is 12.2 Å². The molecule has 15 heavy (non-hydrogen) atoms. The van der Waals surface area contributed by atoms with E-state index >= 15 is 0 Å². The second-order valence-electron chi connectivity index (χ2n) is 4.07. The molecule has 1 aliphatic rings. The smallest absolute Gasteiger partial charge is 0.173 e. The summed E-state index contributed by atoms with van der Waals surface area (Å²) in [5.41, 5.74) is 1.37. The molecule has 0 aromatic rings. The number of ether oxygens (including phenoxy) is 1. The summed E-state index contributed by atoms with van der Waals surface area (Å²) in [7, 11) is 0. The minimum Gasteiger partial charge on any atom is -0.350 e. The molecule has 1 rings (SSSR count). The summed E-state index contributed by atoms with van der Waals surface area (Å²) in [5, 5.41) is -0.0826. The van der Waals surface area contributed by atoms with E-state index in [0.29, 0.717) is 0 Å². The second kappa shape index (κ2) is 5.92. The lowest BCUT2D eigenvalue weighted by molar-refractivity contribution is -0.0646. The van der Waals surface area contributed by atoms with Gasteiger partial charge in [0.15, 0.2) is 5.06 Å². The van der Waals surface area contributed by atoms with Gasteiger partial charge < -0.3 is 4.74 Å². The first kappa shape index (κ1) is 13.1. The van der Waals surface area contributed by atoms with Crippen molar-refractivity contribution in [2.24, 2.45) is 0 Å². The van der Waals surface area contributed by atoms with Crippen molar-refractivity contribution in [3.05, 3.63) is 11.6 Å². The lowest BCUT2D eigenvalue weighted by atomic mass is 10.2. The maximum atomic E-state index is 5.98. The molecule has 0 spiro atoms. The molecule has 1 fully saturated rings. The Kier molecular flexibility index (Phi) is 5.16. The van der Waals surface area contributed by atoms with Gasteiger partial charge in [-0.2, -0.15) is 0 Å². The minimum absolute atomic E-state index is 0.0826. The fourth-order valence-electron chi connectivity index (χ4n) is 1.91. The Bertz CT molecular complexity index is 214. The molecular formula is C12H23NOS. The minimum atomic E-state index is -0.0826. The SMILES string of the molecule is CCN(CC)C1(CC=C(C)C)OCCS1. The van der Waals surface area contributed by atoms with E-state index in [1.165, 1.54) is 5.57 Å². The van der Waals surface area contributed by atoms with Crippen LogP contribution in [-0.4, -0.2) is 35.4 Å². The largest absolute Gasteiger partial charge is 0.350 e. The third-order valence-corrected chi connectivity index (χ3v) is 4.12. The Morgan fingerprint density at radius 1 is 1.40 bits per heavy atom. The zero-order valence-electron chi connectivity index (χ0n) is 10.4. The van der Waals surface area contributed by atoms with E-state index < -0.39 is 0 Å². The molecule has 1 saturated heterocycles. The van der Waals surface area contributed by atoms with Crippen LogP contribution in [0, 0.1) is 0 Å². The highest BCUT2D eigenvalue weighted by atomic mass is 32.2. The fraction of sp³-hybridized carbons (Fsp3) is 0.833. The van der Waals surface area contributed by atoms with Crippen LogP contribution < -0.4 is 0 Å². The monoisotopic (exact) mass is 229 g/mol. The lowest BCUT2D eigenvalue weighted by Crippen LogP contribution is -2.45. The molecular weight excluding hydrogens is 206 g/mol. The number of rotatable bonds is 5. The predicted molar refractivity (Wildman–Crippen MR) is 68.1 cm³/mol. The first-order chi connectivity index (χ1) is 7.14. The van der Waals surface area contributed by atoms with E-state index in [1.54, 1.807) is 0 Å². The van der Waals surface area contributed by atoms with Crippen LogP contribution in [0.1, 0.15) is 34.1 Å². The van der Waals surface area contributed by atoms with Crippen molar-refractivity contribution in [3.8, 4) is 0 Å². The van der Waals surface area contributed by atoms with Crippen molar-refractivity contribution in [2.45, 2.75) is 39.2 Å². The average molecular weight is 229 g/mol. The van der Waals surface area contributed by atoms with E-state index in [2.05, 4.69) is 38.7 Å². The first-order valence-electron chi connectivity index (χ1n) is 5.81. The van der Waals surface area contributed by atoms with E-state index in [4.69, 9.17) is 4.74 Å². The maximum absolute atomic E-state index is 5.98. The number of allylic oxidation sites excluding steroid dienone is 1. The van der Waals surface area contributed by atoms with Gasteiger partial charge in [0.25, 0.3) is 0 Å². The summed E-state index contributed by atoms with van der Waals surface area (Å²) in [6.07, 6.45) is 3.29. The quantitative estimate of drug-likeness (QED) is 0.672. The van der Waals surface area contributed by atoms with Gasteiger partial charge in [-0.25, -0.2) is 0 Å². The molecule has 3 heteroatoms. The normalized spacial score (nSPS) is 25.9. The summed E-state index contributed by atoms with van der Waals surface area (Å²) in [6, 6.07) is 0. The zero-order chi connectivity index (χ0) is 11.3. The van der Waals surface area contributed by atoms with Gasteiger partial charge in [0.2, 0.25) is 0 Å². The number of thioether (sulfide) groups is 1. The summed E-state index contributed by atoms with van der Waals surface area (Å²) in [6.45, 7) is 11.7. The van der Waals surface area contributed by atoms with Crippen LogP contribution in [-0.2, 0) is 4.74 Å². The molecule has 0 aliphatic carbocycles. The van der Waals surface area contributed by atoms with Crippen LogP contribution in [0.5, 0.6) is 0 Å². The summed E-state index contributed by atoms with van der Waals surface area (Å²) in [4.78, 5) is 2.42. The highest BCUT2D eigenvalue weighted by Crippen LogP contribution is 2.39. The number of hydrogen-bond acceptors (Lipinski definition) is 3. The van der Waals surface area contributed by atoms with Gasteiger partial charge in [-0.3, -0.25) is 4.90 Å². The highest BCUT2D eigenvalue weighted by molar-refractivity contribution is 8.00. The van der Waals surface area contributed by atoms with Gasteiger partial charge >= 0.3 is 0 Å². The van der Waals surface area contributed by atoms with E-state index in [1.807, 2.05) is 11.8 Å². The summed E-state index contributed by atoms with van der Waals surface area (Å²) < 4.78 is 5.98. The molecule has 0 N–H and O–H groups in total. The van der Waals surface area contributed by atoms with Gasteiger partial charge in [-0.05, 0) is 26.9 Å². The molecule has 1 heterocycles. The van der Waals surface area contributed by atoms with Crippen molar-refractivity contribution in [1.29, 1.82) is 0 Å². The van der Waals surface area contributed by atoms with Crippen LogP contribution in [0.25, 0.3) is 0 Å². The predicted octanol–water partition coefficient (Wildman–Crippen LogP) is 3.10. The first-order valence-corrected chi connectivity index (χ1v) is 6.79. The molecule has 88 valence electrons. The molecule has 1 atom stereocenters. The van der Waals surface area contributed by atoms with E-state index in [-0.39, 0.29) is 5.06 Å². The number of hydrogen-bond donors (Lipinski definition) is 0. The van der Waals surface area contributed by atoms with Crippen molar-refractivity contribution in [1.82, 2.24) is 4.90 Å². The van der Waals surface area contributed by atoms with Crippen LogP contribution in [0.15, 0.2) is 11.6 Å². The highest BCUT2D eigenvalue weighted by Gasteiger charge is 2.39. The molecule has 1 aliphatic heterocycles. The Balaban J connectivity index is 2.73. The van der Waals surface area contributed by atoms with Crippen molar-refractivity contribution >= 4 is 11.8 Å². The van der Waals surface area contributed by atoms with Crippen LogP contribution in [0.2, 0.25) is 0 Å². The standard InChI is InChI=1S/C12H23NOS/c1-5-13(6-2)12(8-7-11(3)4)14-9-10-15-12/h7H,5-6,8-10H2,1-4H3. The van der Waals surface area contributed by atoms with Crippen molar-refractivity contribution in [3.63, 3.8) is 0 Å². The Hall–Kier alpha value is 0.01000. The summed E-state index contributed by atoms with van der Waals surface area (Å²) >= 11 is 1.95. The molecule has 0 aromatic carbocycles. The van der Waals surface area contributed by atoms with Crippen molar-refractivity contribution in [2.75, 3.05) is 25.4 Å². The fourth-order valence-corrected chi connectivity index (χ4v) is 3.21. The van der Waals surface area contributed by atoms with Gasteiger partial charge in [0.05, 0.1) is 6.61 Å².